The van der Waals surface area contributed by atoms with Gasteiger partial charge in [-0.2, -0.15) is 14.4 Å². The molecule has 3 N–H and O–H groups in total. The molecule has 9 heteroatoms. The molecule has 1 aliphatic rings. The molecule has 2 aromatic heterocycles. The van der Waals surface area contributed by atoms with Crippen LogP contribution in [0.5, 0.6) is 11.5 Å². The van der Waals surface area contributed by atoms with Crippen molar-refractivity contribution in [2.24, 2.45) is 5.92 Å². The molecule has 0 amide bonds. The lowest BCUT2D eigenvalue weighted by atomic mass is 10.0. The van der Waals surface area contributed by atoms with Gasteiger partial charge >= 0.3 is 6.08 Å². The molecule has 0 spiro atoms. The molecular weight excluding hydrogens is 423 g/mol. The Morgan fingerprint density at radius 2 is 1.76 bits per heavy atom. The maximum Gasteiger partial charge on any atom is 0.312 e. The van der Waals surface area contributed by atoms with Crippen LogP contribution in [0, 0.1) is 18.9 Å². The number of anilines is 1. The molecule has 0 radical (unpaired) electrons. The lowest BCUT2D eigenvalue weighted by Gasteiger charge is -2.12. The van der Waals surface area contributed by atoms with Crippen LogP contribution < -0.4 is 20.5 Å². The molecule has 0 saturated heterocycles. The summed E-state index contributed by atoms with van der Waals surface area (Å²) in [6.45, 7) is 16.7. The van der Waals surface area contributed by atoms with Gasteiger partial charge in [0.15, 0.2) is 28.5 Å². The second kappa shape index (κ2) is 12.3. The summed E-state index contributed by atoms with van der Waals surface area (Å²) in [6.07, 6.45) is -0.318. The number of ether oxygens (including phenoxy) is 2. The number of nitrogens with zero attached hydrogens (tertiary/aromatic N) is 4. The average molecular weight is 461 g/mol. The Labute approximate surface area is 195 Å². The van der Waals surface area contributed by atoms with Crippen molar-refractivity contribution >= 4 is 17.0 Å². The standard InChI is InChI=1S/C20H25FN6O2.2C2H6/c1-11(2)9-23-4-5-27-16(24-17-18(22)25-20(21)26-19(17)27)8-13-7-15-14(6-12(13)3)28-10-29-15;2*1-2/h6-7,11,23H,4-5,8-10H2,1-3H3,(H2,22,25,26);2*1-2H3. The smallest absolute Gasteiger partial charge is 0.312 e. The van der Waals surface area contributed by atoms with E-state index in [1.165, 1.54) is 0 Å². The molecule has 0 fully saturated rings. The molecule has 8 nitrogen and oxygen atoms in total. The van der Waals surface area contributed by atoms with E-state index in [1.807, 2.05) is 51.3 Å². The third kappa shape index (κ3) is 6.31. The lowest BCUT2D eigenvalue weighted by molar-refractivity contribution is 0.174. The lowest BCUT2D eigenvalue weighted by Crippen LogP contribution is -2.25. The number of halogens is 1. The van der Waals surface area contributed by atoms with Crippen molar-refractivity contribution < 1.29 is 13.9 Å². The van der Waals surface area contributed by atoms with Gasteiger partial charge in [0.2, 0.25) is 6.79 Å². The zero-order valence-corrected chi connectivity index (χ0v) is 20.8. The van der Waals surface area contributed by atoms with E-state index < -0.39 is 6.08 Å². The van der Waals surface area contributed by atoms with Crippen molar-refractivity contribution in [3.05, 3.63) is 35.2 Å². The molecule has 0 saturated carbocycles. The zero-order chi connectivity index (χ0) is 24.5. The third-order valence-corrected chi connectivity index (χ3v) is 4.92. The molecule has 3 heterocycles. The summed E-state index contributed by atoms with van der Waals surface area (Å²) < 4.78 is 26.7. The molecule has 0 atom stereocenters. The first-order chi connectivity index (χ1) is 15.9. The highest BCUT2D eigenvalue weighted by Crippen LogP contribution is 2.35. The fourth-order valence-electron chi connectivity index (χ4n) is 3.44. The molecule has 3 aromatic rings. The van der Waals surface area contributed by atoms with Crippen molar-refractivity contribution in [1.29, 1.82) is 0 Å². The largest absolute Gasteiger partial charge is 0.454 e. The van der Waals surface area contributed by atoms with Crippen LogP contribution in [0.25, 0.3) is 11.2 Å². The van der Waals surface area contributed by atoms with E-state index >= 15 is 0 Å². The number of hydrogen-bond acceptors (Lipinski definition) is 7. The molecule has 1 aromatic carbocycles. The Bertz CT molecular complexity index is 1050. The monoisotopic (exact) mass is 460 g/mol. The number of imidazole rings is 1. The topological polar surface area (TPSA) is 100 Å². The van der Waals surface area contributed by atoms with Crippen LogP contribution in [-0.4, -0.2) is 39.4 Å². The maximum atomic E-state index is 13.8. The summed E-state index contributed by atoms with van der Waals surface area (Å²) >= 11 is 0. The summed E-state index contributed by atoms with van der Waals surface area (Å²) in [6, 6.07) is 3.93. The highest BCUT2D eigenvalue weighted by atomic mass is 19.1. The second-order valence-corrected chi connectivity index (χ2v) is 7.64. The number of nitrogen functional groups attached to an aromatic ring is 1. The predicted molar refractivity (Wildman–Crippen MR) is 130 cm³/mol. The first kappa shape index (κ1) is 26.3. The van der Waals surface area contributed by atoms with Gasteiger partial charge in [0.05, 0.1) is 0 Å². The summed E-state index contributed by atoms with van der Waals surface area (Å²) in [7, 11) is 0. The molecule has 1 aliphatic heterocycles. The molecule has 182 valence electrons. The summed E-state index contributed by atoms with van der Waals surface area (Å²) in [5, 5.41) is 3.40. The number of aryl methyl sites for hydroxylation is 1. The van der Waals surface area contributed by atoms with Crippen LogP contribution in [-0.2, 0) is 13.0 Å². The number of nitrogens with one attached hydrogen (secondary N) is 1. The number of aromatic nitrogens is 4. The minimum atomic E-state index is -0.850. The van der Waals surface area contributed by atoms with Gasteiger partial charge in [0.1, 0.15) is 5.82 Å². The summed E-state index contributed by atoms with van der Waals surface area (Å²) in [5.74, 6) is 2.80. The fraction of sp³-hybridized carbons (Fsp3) is 0.542. The van der Waals surface area contributed by atoms with Gasteiger partial charge in [-0.25, -0.2) is 4.98 Å². The van der Waals surface area contributed by atoms with Gasteiger partial charge in [0.25, 0.3) is 0 Å². The Balaban J connectivity index is 0.000000914. The van der Waals surface area contributed by atoms with Crippen molar-refractivity contribution in [2.45, 2.75) is 61.4 Å². The Kier molecular flexibility index (Phi) is 9.84. The Hall–Kier alpha value is -2.94. The number of hydrogen-bond donors (Lipinski definition) is 2. The third-order valence-electron chi connectivity index (χ3n) is 4.92. The Morgan fingerprint density at radius 1 is 1.09 bits per heavy atom. The van der Waals surface area contributed by atoms with Gasteiger partial charge in [-0.1, -0.05) is 41.5 Å². The Morgan fingerprint density at radius 3 is 2.42 bits per heavy atom. The summed E-state index contributed by atoms with van der Waals surface area (Å²) in [4.78, 5) is 12.2. The molecule has 0 unspecified atom stereocenters. The zero-order valence-electron chi connectivity index (χ0n) is 20.8. The van der Waals surface area contributed by atoms with Crippen LogP contribution in [0.3, 0.4) is 0 Å². The molecule has 33 heavy (non-hydrogen) atoms. The van der Waals surface area contributed by atoms with E-state index in [4.69, 9.17) is 15.2 Å². The van der Waals surface area contributed by atoms with Gasteiger partial charge in [-0.05, 0) is 42.6 Å². The van der Waals surface area contributed by atoms with Gasteiger partial charge in [-0.15, -0.1) is 0 Å². The minimum absolute atomic E-state index is 0.0463. The van der Waals surface area contributed by atoms with Crippen LogP contribution in [0.1, 0.15) is 58.5 Å². The van der Waals surface area contributed by atoms with Crippen molar-refractivity contribution in [3.63, 3.8) is 0 Å². The maximum absolute atomic E-state index is 13.8. The summed E-state index contributed by atoms with van der Waals surface area (Å²) in [5.41, 5.74) is 8.86. The number of rotatable bonds is 7. The highest BCUT2D eigenvalue weighted by molar-refractivity contribution is 5.82. The quantitative estimate of drug-likeness (QED) is 0.396. The van der Waals surface area contributed by atoms with Gasteiger partial charge in [0, 0.05) is 19.5 Å². The second-order valence-electron chi connectivity index (χ2n) is 7.64. The molecular formula is C24H37FN6O2. The van der Waals surface area contributed by atoms with Crippen LogP contribution in [0.2, 0.25) is 0 Å². The van der Waals surface area contributed by atoms with E-state index in [-0.39, 0.29) is 12.6 Å². The van der Waals surface area contributed by atoms with Crippen molar-refractivity contribution in [1.82, 2.24) is 24.8 Å². The van der Waals surface area contributed by atoms with E-state index in [0.29, 0.717) is 36.6 Å². The van der Waals surface area contributed by atoms with Crippen molar-refractivity contribution in [3.8, 4) is 11.5 Å². The van der Waals surface area contributed by atoms with Gasteiger partial charge in [-0.3, -0.25) is 0 Å². The van der Waals surface area contributed by atoms with Crippen LogP contribution in [0.4, 0.5) is 10.2 Å². The number of benzene rings is 1. The molecule has 0 bridgehead atoms. The number of fused-ring (bicyclic) bond motifs is 2. The first-order valence-electron chi connectivity index (χ1n) is 11.7. The highest BCUT2D eigenvalue weighted by Gasteiger charge is 2.20. The van der Waals surface area contributed by atoms with E-state index in [1.54, 1.807) is 0 Å². The normalized spacial score (nSPS) is 11.8. The van der Waals surface area contributed by atoms with E-state index in [0.717, 1.165) is 35.0 Å². The molecule has 4 rings (SSSR count). The minimum Gasteiger partial charge on any atom is -0.454 e. The van der Waals surface area contributed by atoms with Crippen LogP contribution >= 0.6 is 0 Å². The fourth-order valence-corrected chi connectivity index (χ4v) is 3.44. The average Bonchev–Trinajstić information content (AvgIpc) is 3.38. The predicted octanol–water partition coefficient (Wildman–Crippen LogP) is 4.47. The van der Waals surface area contributed by atoms with E-state index in [9.17, 15) is 4.39 Å². The van der Waals surface area contributed by atoms with Crippen LogP contribution in [0.15, 0.2) is 12.1 Å². The van der Waals surface area contributed by atoms with Crippen molar-refractivity contribution in [2.75, 3.05) is 25.6 Å². The SMILES string of the molecule is CC.CC.Cc1cc2c(cc1Cc1nc3c(N)nc(F)nc3n1CCNCC(C)C)OCO2. The number of nitrogens with two attached hydrogens (primary N) is 1. The molecule has 0 aliphatic carbocycles. The first-order valence-corrected chi connectivity index (χ1v) is 11.7. The van der Waals surface area contributed by atoms with E-state index in [2.05, 4.69) is 34.1 Å². The van der Waals surface area contributed by atoms with Gasteiger partial charge < -0.3 is 25.1 Å².